The van der Waals surface area contributed by atoms with Crippen LogP contribution in [0.2, 0.25) is 0 Å². The number of sulfonamides is 1. The van der Waals surface area contributed by atoms with Crippen LogP contribution in [0.5, 0.6) is 5.75 Å². The van der Waals surface area contributed by atoms with Crippen LogP contribution in [0.4, 0.5) is 10.6 Å². The van der Waals surface area contributed by atoms with Crippen molar-refractivity contribution >= 4 is 21.9 Å². The van der Waals surface area contributed by atoms with E-state index in [9.17, 15) is 13.2 Å². The number of benzene rings is 1. The molecule has 31 heavy (non-hydrogen) atoms. The minimum Gasteiger partial charge on any atom is -0.490 e. The highest BCUT2D eigenvalue weighted by Crippen LogP contribution is 2.28. The fraction of sp³-hybridized carbons (Fsp3) is 0.368. The van der Waals surface area contributed by atoms with Gasteiger partial charge in [-0.25, -0.2) is 13.2 Å². The first-order chi connectivity index (χ1) is 14.8. The summed E-state index contributed by atoms with van der Waals surface area (Å²) in [5.74, 6) is 1.24. The van der Waals surface area contributed by atoms with Gasteiger partial charge in [0.05, 0.1) is 6.26 Å². The summed E-state index contributed by atoms with van der Waals surface area (Å²) in [5.41, 5.74) is 1.82. The maximum absolute atomic E-state index is 12.6. The van der Waals surface area contributed by atoms with Crippen LogP contribution in [0, 0.1) is 6.92 Å². The van der Waals surface area contributed by atoms with Crippen LogP contribution in [0.15, 0.2) is 41.3 Å². The zero-order valence-electron chi connectivity index (χ0n) is 17.1. The van der Waals surface area contributed by atoms with Crippen molar-refractivity contribution < 1.29 is 22.4 Å². The number of nitrogens with zero attached hydrogens (tertiary/aromatic N) is 5. The molecule has 0 radical (unpaired) electrons. The van der Waals surface area contributed by atoms with Crippen molar-refractivity contribution in [3.8, 4) is 17.2 Å². The number of ether oxygens (including phenoxy) is 1. The second-order valence-corrected chi connectivity index (χ2v) is 9.08. The predicted octanol–water partition coefficient (Wildman–Crippen LogP) is 2.12. The van der Waals surface area contributed by atoms with E-state index in [4.69, 9.17) is 9.15 Å². The third kappa shape index (κ3) is 5.02. The van der Waals surface area contributed by atoms with Gasteiger partial charge >= 0.3 is 6.03 Å². The topological polar surface area (TPSA) is 132 Å². The van der Waals surface area contributed by atoms with Gasteiger partial charge in [-0.15, -0.1) is 15.3 Å². The second kappa shape index (κ2) is 8.38. The van der Waals surface area contributed by atoms with Crippen LogP contribution < -0.4 is 9.46 Å². The number of amides is 1. The number of aromatic nitrogens is 4. The SMILES string of the molecule is Cc1ccc(OC2CCN(C(=O)n3ccc(NS(C)(=O)=O)n3)CC2)cc1-c1nnco1. The first kappa shape index (κ1) is 20.8. The van der Waals surface area contributed by atoms with Crippen molar-refractivity contribution in [1.82, 2.24) is 24.9 Å². The van der Waals surface area contributed by atoms with Crippen molar-refractivity contribution in [2.45, 2.75) is 25.9 Å². The molecule has 1 aliphatic heterocycles. The Morgan fingerprint density at radius 3 is 2.71 bits per heavy atom. The summed E-state index contributed by atoms with van der Waals surface area (Å²) in [6, 6.07) is 6.84. The van der Waals surface area contributed by atoms with E-state index in [-0.39, 0.29) is 18.0 Å². The highest BCUT2D eigenvalue weighted by molar-refractivity contribution is 7.92. The molecule has 164 valence electrons. The fourth-order valence-electron chi connectivity index (χ4n) is 3.37. The minimum absolute atomic E-state index is 0.0395. The maximum atomic E-state index is 12.6. The van der Waals surface area contributed by atoms with E-state index in [0.717, 1.165) is 22.1 Å². The molecule has 0 unspecified atom stereocenters. The number of aryl methyl sites for hydroxylation is 1. The second-order valence-electron chi connectivity index (χ2n) is 7.33. The van der Waals surface area contributed by atoms with Gasteiger partial charge in [0, 0.05) is 43.8 Å². The van der Waals surface area contributed by atoms with Crippen molar-refractivity contribution in [3.05, 3.63) is 42.4 Å². The first-order valence-electron chi connectivity index (χ1n) is 9.65. The third-order valence-corrected chi connectivity index (χ3v) is 5.47. The van der Waals surface area contributed by atoms with Crippen molar-refractivity contribution in [3.63, 3.8) is 0 Å². The predicted molar refractivity (Wildman–Crippen MR) is 111 cm³/mol. The lowest BCUT2D eigenvalue weighted by atomic mass is 10.1. The lowest BCUT2D eigenvalue weighted by molar-refractivity contribution is 0.110. The van der Waals surface area contributed by atoms with E-state index >= 15 is 0 Å². The van der Waals surface area contributed by atoms with Gasteiger partial charge in [-0.05, 0) is 24.6 Å². The Morgan fingerprint density at radius 1 is 1.26 bits per heavy atom. The summed E-state index contributed by atoms with van der Waals surface area (Å²) in [5, 5.41) is 11.7. The van der Waals surface area contributed by atoms with Crippen LogP contribution in [-0.4, -0.2) is 64.8 Å². The molecule has 1 N–H and O–H groups in total. The molecule has 1 fully saturated rings. The molecule has 0 bridgehead atoms. The first-order valence-corrected chi connectivity index (χ1v) is 11.5. The average molecular weight is 446 g/mol. The molecule has 11 nitrogen and oxygen atoms in total. The van der Waals surface area contributed by atoms with E-state index < -0.39 is 10.0 Å². The monoisotopic (exact) mass is 446 g/mol. The normalized spacial score (nSPS) is 15.1. The van der Waals surface area contributed by atoms with Crippen LogP contribution >= 0.6 is 0 Å². The summed E-state index contributed by atoms with van der Waals surface area (Å²) in [4.78, 5) is 14.3. The summed E-state index contributed by atoms with van der Waals surface area (Å²) in [6.45, 7) is 2.96. The van der Waals surface area contributed by atoms with E-state index in [0.29, 0.717) is 37.6 Å². The Hall–Kier alpha value is -3.41. The van der Waals surface area contributed by atoms with E-state index in [1.807, 2.05) is 25.1 Å². The van der Waals surface area contributed by atoms with Crippen molar-refractivity contribution in [2.75, 3.05) is 24.1 Å². The number of hydrogen-bond acceptors (Lipinski definition) is 8. The lowest BCUT2D eigenvalue weighted by Crippen LogP contribution is -2.43. The molecule has 1 aromatic carbocycles. The van der Waals surface area contributed by atoms with Crippen LogP contribution in [0.1, 0.15) is 18.4 Å². The van der Waals surface area contributed by atoms with E-state index in [1.165, 1.54) is 18.7 Å². The largest absolute Gasteiger partial charge is 0.490 e. The maximum Gasteiger partial charge on any atom is 0.344 e. The molecule has 1 aliphatic rings. The Labute approximate surface area is 179 Å². The van der Waals surface area contributed by atoms with E-state index in [2.05, 4.69) is 20.0 Å². The summed E-state index contributed by atoms with van der Waals surface area (Å²) >= 11 is 0. The number of anilines is 1. The highest BCUT2D eigenvalue weighted by atomic mass is 32.2. The molecule has 0 atom stereocenters. The van der Waals surface area contributed by atoms with Crippen LogP contribution in [-0.2, 0) is 10.0 Å². The number of likely N-dealkylation sites (tertiary alicyclic amines) is 1. The number of rotatable bonds is 5. The lowest BCUT2D eigenvalue weighted by Gasteiger charge is -2.31. The smallest absolute Gasteiger partial charge is 0.344 e. The van der Waals surface area contributed by atoms with Gasteiger partial charge in [0.25, 0.3) is 0 Å². The molecular weight excluding hydrogens is 424 g/mol. The van der Waals surface area contributed by atoms with Gasteiger partial charge in [-0.3, -0.25) is 4.72 Å². The zero-order valence-corrected chi connectivity index (χ0v) is 17.9. The third-order valence-electron chi connectivity index (χ3n) is 4.89. The van der Waals surface area contributed by atoms with Crippen LogP contribution in [0.25, 0.3) is 11.5 Å². The van der Waals surface area contributed by atoms with Gasteiger partial charge in [-0.2, -0.15) is 4.68 Å². The van der Waals surface area contributed by atoms with Gasteiger partial charge < -0.3 is 14.1 Å². The number of piperidine rings is 1. The molecule has 1 saturated heterocycles. The Morgan fingerprint density at radius 2 is 2.03 bits per heavy atom. The number of nitrogens with one attached hydrogen (secondary N) is 1. The number of carbonyl (C=O) groups excluding carboxylic acids is 1. The van der Waals surface area contributed by atoms with Gasteiger partial charge in [0.1, 0.15) is 11.9 Å². The molecule has 0 saturated carbocycles. The quantitative estimate of drug-likeness (QED) is 0.630. The Bertz CT molecular complexity index is 1170. The molecule has 0 spiro atoms. The molecular formula is C19H22N6O5S. The molecule has 3 heterocycles. The standard InChI is InChI=1S/C19H22N6O5S/c1-13-3-4-15(11-16(13)18-21-20-12-29-18)30-14-5-8-24(9-6-14)19(26)25-10-7-17(22-25)23-31(2,27)28/h3-4,7,10-12,14H,5-6,8-9H2,1-2H3,(H,22,23). The van der Waals surface area contributed by atoms with Gasteiger partial charge in [0.2, 0.25) is 22.3 Å². The molecule has 12 heteroatoms. The summed E-state index contributed by atoms with van der Waals surface area (Å²) in [6.07, 6.45) is 5.02. The number of hydrogen-bond donors (Lipinski definition) is 1. The van der Waals surface area contributed by atoms with Crippen molar-refractivity contribution in [2.24, 2.45) is 0 Å². The summed E-state index contributed by atoms with van der Waals surface area (Å²) < 4.78 is 37.4. The van der Waals surface area contributed by atoms with E-state index in [1.54, 1.807) is 4.90 Å². The average Bonchev–Trinajstić information content (AvgIpc) is 3.40. The summed E-state index contributed by atoms with van der Waals surface area (Å²) in [7, 11) is -3.45. The zero-order chi connectivity index (χ0) is 22.0. The van der Waals surface area contributed by atoms with Gasteiger partial charge in [0.15, 0.2) is 5.82 Å². The van der Waals surface area contributed by atoms with Crippen molar-refractivity contribution in [1.29, 1.82) is 0 Å². The fourth-order valence-corrected chi connectivity index (χ4v) is 3.86. The molecule has 0 aliphatic carbocycles. The molecule has 2 aromatic heterocycles. The molecule has 4 rings (SSSR count). The minimum atomic E-state index is -3.45. The molecule has 3 aromatic rings. The molecule has 1 amide bonds. The Kier molecular flexibility index (Phi) is 5.63. The number of carbonyl (C=O) groups is 1. The Balaban J connectivity index is 1.35. The van der Waals surface area contributed by atoms with Crippen LogP contribution in [0.3, 0.4) is 0 Å². The van der Waals surface area contributed by atoms with Gasteiger partial charge in [-0.1, -0.05) is 6.07 Å². The highest BCUT2D eigenvalue weighted by Gasteiger charge is 2.26.